The number of nitrogens with zero attached hydrogens (tertiary/aromatic N) is 2. The van der Waals surface area contributed by atoms with Crippen molar-refractivity contribution >= 4 is 11.8 Å². The van der Waals surface area contributed by atoms with E-state index >= 15 is 0 Å². The number of carbonyl (C=O) groups is 2. The van der Waals surface area contributed by atoms with Crippen LogP contribution in [0.5, 0.6) is 0 Å². The highest BCUT2D eigenvalue weighted by molar-refractivity contribution is 6.00. The lowest BCUT2D eigenvalue weighted by molar-refractivity contribution is -0.153. The Balaban J connectivity index is 2.31. The first-order valence-electron chi connectivity index (χ1n) is 6.64. The normalized spacial score (nSPS) is 25.8. The average Bonchev–Trinajstić information content (AvgIpc) is 2.49. The topological polar surface area (TPSA) is 80.1 Å². The summed E-state index contributed by atoms with van der Waals surface area (Å²) in [6.45, 7) is 1.93. The Morgan fingerprint density at radius 1 is 1.65 bits per heavy atom. The zero-order valence-electron chi connectivity index (χ0n) is 11.3. The Bertz CT molecular complexity index is 550. The minimum absolute atomic E-state index is 0.141. The van der Waals surface area contributed by atoms with Gasteiger partial charge in [-0.2, -0.15) is 5.26 Å². The van der Waals surface area contributed by atoms with Gasteiger partial charge in [-0.3, -0.25) is 14.6 Å². The molecule has 0 N–H and O–H groups in total. The molecule has 5 heteroatoms. The van der Waals surface area contributed by atoms with Crippen molar-refractivity contribution in [2.45, 2.75) is 31.6 Å². The number of ketones is 1. The Kier molecular flexibility index (Phi) is 4.14. The summed E-state index contributed by atoms with van der Waals surface area (Å²) in [5.41, 5.74) is -0.0798. The molecule has 2 rings (SSSR count). The largest absolute Gasteiger partial charge is 0.465 e. The van der Waals surface area contributed by atoms with Crippen LogP contribution >= 0.6 is 0 Å². The van der Waals surface area contributed by atoms with Gasteiger partial charge >= 0.3 is 5.97 Å². The fourth-order valence-electron chi connectivity index (χ4n) is 2.61. The molecule has 0 aromatic carbocycles. The Labute approximate surface area is 117 Å². The maximum absolute atomic E-state index is 11.9. The Morgan fingerprint density at radius 2 is 2.45 bits per heavy atom. The van der Waals surface area contributed by atoms with Gasteiger partial charge in [-0.05, 0) is 31.4 Å². The van der Waals surface area contributed by atoms with Crippen LogP contribution in [0.4, 0.5) is 0 Å². The minimum Gasteiger partial charge on any atom is -0.465 e. The van der Waals surface area contributed by atoms with E-state index in [0.29, 0.717) is 6.42 Å². The Morgan fingerprint density at radius 3 is 3.05 bits per heavy atom. The molecule has 20 heavy (non-hydrogen) atoms. The summed E-state index contributed by atoms with van der Waals surface area (Å²) in [5.74, 6) is -1.51. The van der Waals surface area contributed by atoms with E-state index in [4.69, 9.17) is 4.74 Å². The first-order chi connectivity index (χ1) is 9.63. The van der Waals surface area contributed by atoms with E-state index < -0.39 is 17.3 Å². The lowest BCUT2D eigenvalue weighted by Crippen LogP contribution is -2.40. The third-order valence-corrected chi connectivity index (χ3v) is 3.74. The van der Waals surface area contributed by atoms with E-state index in [0.717, 1.165) is 5.56 Å². The molecule has 0 saturated heterocycles. The van der Waals surface area contributed by atoms with Gasteiger partial charge in [0.15, 0.2) is 0 Å². The SMILES string of the molecule is CCOC(=O)C1CC(C#N)(c2cccnc2)CCC1=O. The molecule has 0 aliphatic heterocycles. The van der Waals surface area contributed by atoms with Crippen LogP contribution in [0.25, 0.3) is 0 Å². The highest BCUT2D eigenvalue weighted by Gasteiger charge is 2.45. The van der Waals surface area contributed by atoms with Crippen molar-refractivity contribution in [3.63, 3.8) is 0 Å². The van der Waals surface area contributed by atoms with Crippen molar-refractivity contribution in [3.05, 3.63) is 30.1 Å². The number of pyridine rings is 1. The van der Waals surface area contributed by atoms with Crippen LogP contribution in [0.3, 0.4) is 0 Å². The molecule has 0 amide bonds. The predicted molar refractivity (Wildman–Crippen MR) is 70.5 cm³/mol. The van der Waals surface area contributed by atoms with Gasteiger partial charge in [0.1, 0.15) is 11.7 Å². The molecule has 2 unspecified atom stereocenters. The summed E-state index contributed by atoms with van der Waals surface area (Å²) < 4.78 is 4.94. The fraction of sp³-hybridized carbons (Fsp3) is 0.467. The molecule has 1 aliphatic rings. The molecule has 5 nitrogen and oxygen atoms in total. The van der Waals surface area contributed by atoms with Crippen molar-refractivity contribution in [2.75, 3.05) is 6.61 Å². The van der Waals surface area contributed by atoms with Crippen LogP contribution in [-0.4, -0.2) is 23.3 Å². The van der Waals surface area contributed by atoms with Crippen molar-refractivity contribution in [1.82, 2.24) is 4.98 Å². The van der Waals surface area contributed by atoms with Gasteiger partial charge in [-0.15, -0.1) is 0 Å². The van der Waals surface area contributed by atoms with Gasteiger partial charge < -0.3 is 4.74 Å². The van der Waals surface area contributed by atoms with Crippen molar-refractivity contribution < 1.29 is 14.3 Å². The highest BCUT2D eigenvalue weighted by Crippen LogP contribution is 2.40. The molecule has 1 aromatic heterocycles. The van der Waals surface area contributed by atoms with E-state index in [9.17, 15) is 14.9 Å². The molecule has 2 atom stereocenters. The van der Waals surface area contributed by atoms with Crippen LogP contribution in [0.2, 0.25) is 0 Å². The summed E-state index contributed by atoms with van der Waals surface area (Å²) in [6.07, 6.45) is 4.06. The minimum atomic E-state index is -0.844. The maximum atomic E-state index is 11.9. The lowest BCUT2D eigenvalue weighted by Gasteiger charge is -2.33. The number of nitriles is 1. The molecule has 0 radical (unpaired) electrons. The molecule has 1 fully saturated rings. The van der Waals surface area contributed by atoms with Gasteiger partial charge in [0.25, 0.3) is 0 Å². The molecular formula is C15H16N2O3. The average molecular weight is 272 g/mol. The molecule has 1 aromatic rings. The molecule has 0 bridgehead atoms. The zero-order valence-corrected chi connectivity index (χ0v) is 11.3. The number of Topliss-reactive ketones (excluding diaryl/α,β-unsaturated/α-hetero) is 1. The molecule has 104 valence electrons. The first-order valence-corrected chi connectivity index (χ1v) is 6.64. The second-order valence-corrected chi connectivity index (χ2v) is 4.91. The van der Waals surface area contributed by atoms with Crippen LogP contribution < -0.4 is 0 Å². The smallest absolute Gasteiger partial charge is 0.316 e. The lowest BCUT2D eigenvalue weighted by atomic mass is 9.66. The number of hydrogen-bond acceptors (Lipinski definition) is 5. The maximum Gasteiger partial charge on any atom is 0.316 e. The number of rotatable bonds is 3. The monoisotopic (exact) mass is 272 g/mol. The second-order valence-electron chi connectivity index (χ2n) is 4.91. The van der Waals surface area contributed by atoms with E-state index in [2.05, 4.69) is 11.1 Å². The number of aromatic nitrogens is 1. The molecule has 1 heterocycles. The summed E-state index contributed by atoms with van der Waals surface area (Å²) in [6, 6.07) is 5.85. The van der Waals surface area contributed by atoms with Gasteiger partial charge in [0, 0.05) is 18.8 Å². The van der Waals surface area contributed by atoms with Gasteiger partial charge in [0.2, 0.25) is 0 Å². The summed E-state index contributed by atoms with van der Waals surface area (Å²) in [5, 5.41) is 9.57. The van der Waals surface area contributed by atoms with Crippen molar-refractivity contribution in [3.8, 4) is 6.07 Å². The quantitative estimate of drug-likeness (QED) is 0.619. The highest BCUT2D eigenvalue weighted by atomic mass is 16.5. The molecule has 1 saturated carbocycles. The van der Waals surface area contributed by atoms with E-state index in [1.165, 1.54) is 0 Å². The van der Waals surface area contributed by atoms with Crippen molar-refractivity contribution in [1.29, 1.82) is 5.26 Å². The predicted octanol–water partition coefficient (Wildman–Crippen LogP) is 1.78. The van der Waals surface area contributed by atoms with Gasteiger partial charge in [0.05, 0.1) is 18.1 Å². The molecule has 0 spiro atoms. The molecular weight excluding hydrogens is 256 g/mol. The standard InChI is InChI=1S/C15H16N2O3/c1-2-20-14(19)12-8-15(10-16,6-5-13(12)18)11-4-3-7-17-9-11/h3-4,7,9,12H,2,5-6,8H2,1H3. The zero-order chi connectivity index (χ0) is 14.6. The number of ether oxygens (including phenoxy) is 1. The molecule has 1 aliphatic carbocycles. The first kappa shape index (κ1) is 14.2. The summed E-state index contributed by atoms with van der Waals surface area (Å²) in [4.78, 5) is 27.8. The number of carbonyl (C=O) groups excluding carboxylic acids is 2. The van der Waals surface area contributed by atoms with E-state index in [1.807, 2.05) is 6.07 Å². The summed E-state index contributed by atoms with van der Waals surface area (Å²) in [7, 11) is 0. The third-order valence-electron chi connectivity index (χ3n) is 3.74. The Hall–Kier alpha value is -2.22. The van der Waals surface area contributed by atoms with E-state index in [-0.39, 0.29) is 25.2 Å². The number of hydrogen-bond donors (Lipinski definition) is 0. The summed E-state index contributed by atoms with van der Waals surface area (Å²) >= 11 is 0. The van der Waals surface area contributed by atoms with Crippen LogP contribution in [0, 0.1) is 17.2 Å². The fourth-order valence-corrected chi connectivity index (χ4v) is 2.61. The van der Waals surface area contributed by atoms with Crippen molar-refractivity contribution in [2.24, 2.45) is 5.92 Å². The van der Waals surface area contributed by atoms with Crippen LogP contribution in [-0.2, 0) is 19.7 Å². The van der Waals surface area contributed by atoms with Gasteiger partial charge in [-0.25, -0.2) is 0 Å². The number of esters is 1. The van der Waals surface area contributed by atoms with Gasteiger partial charge in [-0.1, -0.05) is 6.07 Å². The van der Waals surface area contributed by atoms with Crippen LogP contribution in [0.1, 0.15) is 31.7 Å². The van der Waals surface area contributed by atoms with E-state index in [1.54, 1.807) is 25.4 Å². The second kappa shape index (κ2) is 5.83. The van der Waals surface area contributed by atoms with Crippen LogP contribution in [0.15, 0.2) is 24.5 Å². The third kappa shape index (κ3) is 2.55.